The summed E-state index contributed by atoms with van der Waals surface area (Å²) in [5.41, 5.74) is 6.94. The number of hydrogen-bond donors (Lipinski definition) is 2. The molecule has 0 aliphatic carbocycles. The summed E-state index contributed by atoms with van der Waals surface area (Å²) < 4.78 is 5.83. The van der Waals surface area contributed by atoms with Gasteiger partial charge in [-0.05, 0) is 85.0 Å². The topological polar surface area (TPSA) is 78.5 Å². The van der Waals surface area contributed by atoms with Crippen molar-refractivity contribution < 1.29 is 14.6 Å². The Morgan fingerprint density at radius 2 is 1.82 bits per heavy atom. The molecule has 6 nitrogen and oxygen atoms in total. The summed E-state index contributed by atoms with van der Waals surface area (Å²) in [7, 11) is 0. The van der Waals surface area contributed by atoms with Gasteiger partial charge in [0.25, 0.3) is 0 Å². The summed E-state index contributed by atoms with van der Waals surface area (Å²) in [5, 5.41) is 9.28. The molecule has 206 valence electrons. The number of aliphatic hydroxyl groups is 1. The number of aryl methyl sites for hydroxylation is 2. The van der Waals surface area contributed by atoms with E-state index in [0.29, 0.717) is 5.92 Å². The highest BCUT2D eigenvalue weighted by Crippen LogP contribution is 2.34. The average molecular weight is 528 g/mol. The number of aliphatic hydroxyl groups excluding tert-OH is 1. The number of ether oxygens (including phenoxy) is 1. The lowest BCUT2D eigenvalue weighted by molar-refractivity contribution is -0.133. The molecule has 0 radical (unpaired) electrons. The van der Waals surface area contributed by atoms with Crippen LogP contribution in [0.4, 0.5) is 0 Å². The van der Waals surface area contributed by atoms with E-state index in [-0.39, 0.29) is 18.6 Å². The smallest absolute Gasteiger partial charge is 0.219 e. The lowest BCUT2D eigenvalue weighted by atomic mass is 9.87. The van der Waals surface area contributed by atoms with Gasteiger partial charge in [0.05, 0.1) is 23.7 Å². The lowest BCUT2D eigenvalue weighted by Gasteiger charge is -2.38. The van der Waals surface area contributed by atoms with Gasteiger partial charge in [-0.15, -0.1) is 0 Å². The number of carbonyl (C=O) groups is 1. The molecule has 2 atom stereocenters. The van der Waals surface area contributed by atoms with Gasteiger partial charge in [-0.2, -0.15) is 0 Å². The van der Waals surface area contributed by atoms with E-state index < -0.39 is 0 Å². The van der Waals surface area contributed by atoms with E-state index in [1.54, 1.807) is 6.92 Å². The maximum Gasteiger partial charge on any atom is 0.219 e. The van der Waals surface area contributed by atoms with Gasteiger partial charge in [0.2, 0.25) is 5.91 Å². The van der Waals surface area contributed by atoms with Gasteiger partial charge in [0.1, 0.15) is 11.6 Å². The monoisotopic (exact) mass is 527 g/mol. The quantitative estimate of drug-likeness (QED) is 0.275. The van der Waals surface area contributed by atoms with Crippen molar-refractivity contribution in [2.75, 3.05) is 19.8 Å². The van der Waals surface area contributed by atoms with Crippen LogP contribution in [0.1, 0.15) is 63.0 Å². The number of nitrogens with one attached hydrogen (secondary N) is 1. The Morgan fingerprint density at radius 3 is 2.51 bits per heavy atom. The predicted molar refractivity (Wildman–Crippen MR) is 158 cm³/mol. The Balaban J connectivity index is 0.000000187. The Bertz CT molecular complexity index is 1370. The van der Waals surface area contributed by atoms with Crippen molar-refractivity contribution in [3.8, 4) is 16.9 Å². The van der Waals surface area contributed by atoms with Crippen molar-refractivity contribution in [3.63, 3.8) is 0 Å². The zero-order valence-corrected chi connectivity index (χ0v) is 23.6. The van der Waals surface area contributed by atoms with Crippen LogP contribution >= 0.6 is 0 Å². The number of hydrogen-bond acceptors (Lipinski definition) is 4. The van der Waals surface area contributed by atoms with Crippen molar-refractivity contribution in [3.05, 3.63) is 83.7 Å². The molecule has 0 spiro atoms. The zero-order chi connectivity index (χ0) is 27.8. The second kappa shape index (κ2) is 13.4. The number of aromatic nitrogens is 2. The van der Waals surface area contributed by atoms with E-state index in [4.69, 9.17) is 4.74 Å². The van der Waals surface area contributed by atoms with E-state index in [0.717, 1.165) is 61.4 Å². The maximum absolute atomic E-state index is 11.6. The summed E-state index contributed by atoms with van der Waals surface area (Å²) in [6.07, 6.45) is 3.76. The largest absolute Gasteiger partial charge is 0.493 e. The number of imidazole rings is 1. The van der Waals surface area contributed by atoms with Gasteiger partial charge in [-0.1, -0.05) is 56.3 Å². The fourth-order valence-corrected chi connectivity index (χ4v) is 5.28. The molecule has 1 aromatic heterocycles. The number of likely N-dealkylation sites (tertiary alicyclic amines) is 1. The summed E-state index contributed by atoms with van der Waals surface area (Å²) >= 11 is 0. The normalized spacial score (nSPS) is 17.0. The SMILES string of the molecule is CC(=O)N1CCC(CO)CC1c1ccccc1.CCCOc1ccc(-c2ccc3nc(C)[nH]c3c2)cc1CC. The second-order valence-electron chi connectivity index (χ2n) is 10.3. The zero-order valence-electron chi connectivity index (χ0n) is 23.6. The van der Waals surface area contributed by atoms with Gasteiger partial charge in [-0.25, -0.2) is 4.98 Å². The second-order valence-corrected chi connectivity index (χ2v) is 10.3. The first-order chi connectivity index (χ1) is 18.9. The first-order valence-electron chi connectivity index (χ1n) is 14.1. The number of amides is 1. The number of benzene rings is 3. The Hall–Kier alpha value is -3.64. The highest BCUT2D eigenvalue weighted by molar-refractivity contribution is 5.82. The Morgan fingerprint density at radius 1 is 1.08 bits per heavy atom. The van der Waals surface area contributed by atoms with Gasteiger partial charge in [0, 0.05) is 20.1 Å². The number of H-pyrrole nitrogens is 1. The molecule has 2 unspecified atom stereocenters. The molecule has 39 heavy (non-hydrogen) atoms. The first-order valence-corrected chi connectivity index (χ1v) is 14.1. The van der Waals surface area contributed by atoms with Crippen LogP contribution in [0.25, 0.3) is 22.2 Å². The van der Waals surface area contributed by atoms with Crippen LogP contribution in [-0.4, -0.2) is 45.6 Å². The molecular weight excluding hydrogens is 486 g/mol. The third kappa shape index (κ3) is 7.07. The number of rotatable bonds is 7. The lowest BCUT2D eigenvalue weighted by Crippen LogP contribution is -2.40. The molecular formula is C33H41N3O3. The molecule has 4 aromatic rings. The fourth-order valence-electron chi connectivity index (χ4n) is 5.28. The van der Waals surface area contributed by atoms with Crippen LogP contribution < -0.4 is 4.74 Å². The van der Waals surface area contributed by atoms with Gasteiger partial charge in [0.15, 0.2) is 0 Å². The third-order valence-corrected chi connectivity index (χ3v) is 7.39. The number of fused-ring (bicyclic) bond motifs is 1. The highest BCUT2D eigenvalue weighted by Gasteiger charge is 2.30. The Labute approximate surface area is 232 Å². The maximum atomic E-state index is 11.6. The van der Waals surface area contributed by atoms with Crippen LogP contribution in [0.5, 0.6) is 5.75 Å². The number of aromatic amines is 1. The number of carbonyl (C=O) groups excluding carboxylic acids is 1. The summed E-state index contributed by atoms with van der Waals surface area (Å²) in [6, 6.07) is 23.0. The fraction of sp³-hybridized carbons (Fsp3) is 0.394. The van der Waals surface area contributed by atoms with E-state index >= 15 is 0 Å². The third-order valence-electron chi connectivity index (χ3n) is 7.39. The van der Waals surface area contributed by atoms with Gasteiger partial charge < -0.3 is 19.7 Å². The minimum atomic E-state index is 0.121. The van der Waals surface area contributed by atoms with Crippen molar-refractivity contribution in [2.24, 2.45) is 5.92 Å². The van der Waals surface area contributed by atoms with Crippen molar-refractivity contribution >= 4 is 16.9 Å². The van der Waals surface area contributed by atoms with E-state index in [1.165, 1.54) is 22.3 Å². The molecule has 2 N–H and O–H groups in total. The number of nitrogens with zero attached hydrogens (tertiary/aromatic N) is 2. The van der Waals surface area contributed by atoms with E-state index in [1.807, 2.05) is 30.0 Å². The standard InChI is InChI=1S/C19H22N2O.C14H19NO2/c1-4-10-22-19-9-7-15(11-14(19)5-2)16-6-8-17-18(12-16)21-13(3)20-17;1-11(17)15-8-7-12(10-16)9-14(15)13-5-3-2-4-6-13/h6-9,11-12H,4-5,10H2,1-3H3,(H,20,21);2-6,12,14,16H,7-10H2,1H3. The molecule has 1 aliphatic rings. The van der Waals surface area contributed by atoms with Crippen LogP contribution in [0, 0.1) is 12.8 Å². The molecule has 2 heterocycles. The van der Waals surface area contributed by atoms with Crippen LogP contribution in [0.3, 0.4) is 0 Å². The molecule has 1 aliphatic heterocycles. The summed E-state index contributed by atoms with van der Waals surface area (Å²) in [4.78, 5) is 21.3. The van der Waals surface area contributed by atoms with Crippen molar-refractivity contribution in [1.82, 2.24) is 14.9 Å². The van der Waals surface area contributed by atoms with Gasteiger partial charge in [-0.3, -0.25) is 4.79 Å². The molecule has 1 fully saturated rings. The summed E-state index contributed by atoms with van der Waals surface area (Å²) in [6.45, 7) is 9.63. The average Bonchev–Trinajstić information content (AvgIpc) is 3.35. The van der Waals surface area contributed by atoms with Crippen molar-refractivity contribution in [2.45, 2.75) is 59.4 Å². The Kier molecular flexibility index (Phi) is 9.77. The molecule has 0 saturated carbocycles. The minimum Gasteiger partial charge on any atom is -0.493 e. The molecule has 0 bridgehead atoms. The van der Waals surface area contributed by atoms with Crippen LogP contribution in [0.15, 0.2) is 66.7 Å². The molecule has 1 amide bonds. The minimum absolute atomic E-state index is 0.121. The molecule has 3 aromatic carbocycles. The molecule has 1 saturated heterocycles. The van der Waals surface area contributed by atoms with Crippen LogP contribution in [0.2, 0.25) is 0 Å². The highest BCUT2D eigenvalue weighted by atomic mass is 16.5. The predicted octanol–water partition coefficient (Wildman–Crippen LogP) is 6.87. The van der Waals surface area contributed by atoms with Crippen molar-refractivity contribution in [1.29, 1.82) is 0 Å². The molecule has 6 heteroatoms. The molecule has 5 rings (SSSR count). The summed E-state index contributed by atoms with van der Waals surface area (Å²) in [5.74, 6) is 2.39. The number of piperidine rings is 1. The van der Waals surface area contributed by atoms with E-state index in [2.05, 4.69) is 72.3 Å². The van der Waals surface area contributed by atoms with E-state index in [9.17, 15) is 9.90 Å². The first kappa shape index (κ1) is 28.4. The van der Waals surface area contributed by atoms with Gasteiger partial charge >= 0.3 is 0 Å². The van der Waals surface area contributed by atoms with Crippen LogP contribution in [-0.2, 0) is 11.2 Å².